The molecule has 0 bridgehead atoms. The van der Waals surface area contributed by atoms with E-state index >= 15 is 0 Å². The highest BCUT2D eigenvalue weighted by atomic mass is 16.3. The largest absolute Gasteiger partial charge is 0.393 e. The summed E-state index contributed by atoms with van der Waals surface area (Å²) in [5.74, 6) is 1.60. The van der Waals surface area contributed by atoms with Crippen LogP contribution in [0.4, 0.5) is 0 Å². The number of hydrogen-bond donors (Lipinski definition) is 1. The number of aliphatic hydroxyl groups is 1. The Bertz CT molecular complexity index is 420. The van der Waals surface area contributed by atoms with Crippen LogP contribution in [0.15, 0.2) is 24.3 Å². The summed E-state index contributed by atoms with van der Waals surface area (Å²) in [7, 11) is 0. The van der Waals surface area contributed by atoms with Gasteiger partial charge >= 0.3 is 0 Å². The van der Waals surface area contributed by atoms with E-state index in [1.165, 1.54) is 36.8 Å². The van der Waals surface area contributed by atoms with Crippen molar-refractivity contribution in [3.8, 4) is 0 Å². The molecule has 1 saturated carbocycles. The van der Waals surface area contributed by atoms with Crippen LogP contribution in [0.2, 0.25) is 0 Å². The van der Waals surface area contributed by atoms with E-state index in [-0.39, 0.29) is 6.10 Å². The van der Waals surface area contributed by atoms with Crippen molar-refractivity contribution >= 4 is 0 Å². The normalized spacial score (nSPS) is 25.4. The first-order chi connectivity index (χ1) is 9.36. The molecule has 0 saturated heterocycles. The van der Waals surface area contributed by atoms with Crippen LogP contribution in [0.5, 0.6) is 0 Å². The first-order valence-electron chi connectivity index (χ1n) is 8.13. The smallest absolute Gasteiger partial charge is 0.0552 e. The van der Waals surface area contributed by atoms with Crippen LogP contribution in [0, 0.1) is 11.3 Å². The summed E-state index contributed by atoms with van der Waals surface area (Å²) in [6.07, 6.45) is 5.87. The molecule has 0 spiro atoms. The van der Waals surface area contributed by atoms with Crippen LogP contribution in [-0.4, -0.2) is 11.2 Å². The van der Waals surface area contributed by atoms with Crippen molar-refractivity contribution in [2.45, 2.75) is 71.8 Å². The summed E-state index contributed by atoms with van der Waals surface area (Å²) in [4.78, 5) is 0. The fraction of sp³-hybridized carbons (Fsp3) is 0.684. The SMILES string of the molecule is CC(O)Cc1cccc(C2CCC(C(C)(C)C)CC2)c1. The van der Waals surface area contributed by atoms with Crippen LogP contribution in [0.3, 0.4) is 0 Å². The molecule has 1 aromatic rings. The van der Waals surface area contributed by atoms with Crippen molar-refractivity contribution in [3.63, 3.8) is 0 Å². The first-order valence-corrected chi connectivity index (χ1v) is 8.13. The predicted molar refractivity (Wildman–Crippen MR) is 86.0 cm³/mol. The van der Waals surface area contributed by atoms with Crippen molar-refractivity contribution in [3.05, 3.63) is 35.4 Å². The van der Waals surface area contributed by atoms with Gasteiger partial charge in [0, 0.05) is 0 Å². The summed E-state index contributed by atoms with van der Waals surface area (Å²) in [5.41, 5.74) is 3.21. The van der Waals surface area contributed by atoms with Gasteiger partial charge in [0.1, 0.15) is 0 Å². The van der Waals surface area contributed by atoms with E-state index in [0.717, 1.165) is 18.3 Å². The Labute approximate surface area is 124 Å². The summed E-state index contributed by atoms with van der Waals surface area (Å²) < 4.78 is 0. The van der Waals surface area contributed by atoms with E-state index < -0.39 is 0 Å². The van der Waals surface area contributed by atoms with Crippen molar-refractivity contribution in [2.75, 3.05) is 0 Å². The van der Waals surface area contributed by atoms with Crippen LogP contribution >= 0.6 is 0 Å². The maximum atomic E-state index is 9.53. The molecule has 1 atom stereocenters. The fourth-order valence-electron chi connectivity index (χ4n) is 3.61. The Kier molecular flexibility index (Phi) is 4.90. The molecular formula is C19H30O. The minimum atomic E-state index is -0.248. The van der Waals surface area contributed by atoms with Crippen molar-refractivity contribution in [1.82, 2.24) is 0 Å². The Hall–Kier alpha value is -0.820. The van der Waals surface area contributed by atoms with Crippen LogP contribution < -0.4 is 0 Å². The van der Waals surface area contributed by atoms with Gasteiger partial charge in [0.15, 0.2) is 0 Å². The topological polar surface area (TPSA) is 20.2 Å². The van der Waals surface area contributed by atoms with Gasteiger partial charge < -0.3 is 5.11 Å². The molecule has 0 radical (unpaired) electrons. The van der Waals surface area contributed by atoms with Gasteiger partial charge in [-0.2, -0.15) is 0 Å². The van der Waals surface area contributed by atoms with E-state index in [9.17, 15) is 5.11 Å². The highest BCUT2D eigenvalue weighted by Gasteiger charge is 2.30. The Morgan fingerprint density at radius 2 is 1.80 bits per heavy atom. The van der Waals surface area contributed by atoms with Gasteiger partial charge in [0.25, 0.3) is 0 Å². The summed E-state index contributed by atoms with van der Waals surface area (Å²) in [6.45, 7) is 8.99. The maximum absolute atomic E-state index is 9.53. The molecule has 1 aromatic carbocycles. The maximum Gasteiger partial charge on any atom is 0.0552 e. The molecular weight excluding hydrogens is 244 g/mol. The lowest BCUT2D eigenvalue weighted by molar-refractivity contribution is 0.169. The summed E-state index contributed by atoms with van der Waals surface area (Å²) >= 11 is 0. The van der Waals surface area contributed by atoms with E-state index in [1.807, 2.05) is 6.92 Å². The third kappa shape index (κ3) is 4.09. The van der Waals surface area contributed by atoms with Crippen molar-refractivity contribution < 1.29 is 5.11 Å². The lowest BCUT2D eigenvalue weighted by Gasteiger charge is -2.37. The van der Waals surface area contributed by atoms with Crippen molar-refractivity contribution in [1.29, 1.82) is 0 Å². The molecule has 0 heterocycles. The standard InChI is InChI=1S/C19H30O/c1-14(20)12-15-6-5-7-17(13-15)16-8-10-18(11-9-16)19(2,3)4/h5-7,13-14,16,18,20H,8-12H2,1-4H3. The van der Waals surface area contributed by atoms with Crippen LogP contribution in [0.1, 0.15) is 70.4 Å². The number of rotatable bonds is 3. The second kappa shape index (κ2) is 6.30. The molecule has 112 valence electrons. The first kappa shape index (κ1) is 15.6. The molecule has 0 amide bonds. The third-order valence-electron chi connectivity index (χ3n) is 4.91. The highest BCUT2D eigenvalue weighted by Crippen LogP contribution is 2.43. The average Bonchev–Trinajstić information content (AvgIpc) is 2.37. The lowest BCUT2D eigenvalue weighted by Crippen LogP contribution is -2.25. The molecule has 1 N–H and O–H groups in total. The molecule has 1 aliphatic rings. The van der Waals surface area contributed by atoms with Gasteiger partial charge in [-0.05, 0) is 67.4 Å². The third-order valence-corrected chi connectivity index (χ3v) is 4.91. The van der Waals surface area contributed by atoms with Crippen LogP contribution in [0.25, 0.3) is 0 Å². The van der Waals surface area contributed by atoms with Crippen LogP contribution in [-0.2, 0) is 6.42 Å². The summed E-state index contributed by atoms with van der Waals surface area (Å²) in [5, 5.41) is 9.53. The fourth-order valence-corrected chi connectivity index (χ4v) is 3.61. The van der Waals surface area contributed by atoms with E-state index in [4.69, 9.17) is 0 Å². The minimum Gasteiger partial charge on any atom is -0.393 e. The zero-order valence-corrected chi connectivity index (χ0v) is 13.5. The molecule has 1 nitrogen and oxygen atoms in total. The zero-order chi connectivity index (χ0) is 14.8. The van der Waals surface area contributed by atoms with E-state index in [1.54, 1.807) is 0 Å². The second-order valence-electron chi connectivity index (χ2n) is 7.71. The van der Waals surface area contributed by atoms with Gasteiger partial charge in [-0.1, -0.05) is 45.0 Å². The van der Waals surface area contributed by atoms with E-state index in [2.05, 4.69) is 45.0 Å². The predicted octanol–water partition coefficient (Wildman–Crippen LogP) is 4.93. The lowest BCUT2D eigenvalue weighted by atomic mass is 9.68. The zero-order valence-electron chi connectivity index (χ0n) is 13.5. The van der Waals surface area contributed by atoms with Crippen molar-refractivity contribution in [2.24, 2.45) is 11.3 Å². The number of aliphatic hydroxyl groups excluding tert-OH is 1. The number of hydrogen-bond acceptors (Lipinski definition) is 1. The molecule has 0 aromatic heterocycles. The Morgan fingerprint density at radius 1 is 1.15 bits per heavy atom. The van der Waals surface area contributed by atoms with Gasteiger partial charge in [-0.15, -0.1) is 0 Å². The second-order valence-corrected chi connectivity index (χ2v) is 7.71. The van der Waals surface area contributed by atoms with Gasteiger partial charge in [-0.3, -0.25) is 0 Å². The monoisotopic (exact) mass is 274 g/mol. The number of benzene rings is 1. The average molecular weight is 274 g/mol. The molecule has 1 heteroatoms. The minimum absolute atomic E-state index is 0.248. The molecule has 2 rings (SSSR count). The Morgan fingerprint density at radius 3 is 2.35 bits per heavy atom. The molecule has 1 unspecified atom stereocenters. The molecule has 0 aliphatic heterocycles. The molecule has 1 aliphatic carbocycles. The van der Waals surface area contributed by atoms with Gasteiger partial charge in [-0.25, -0.2) is 0 Å². The molecule has 1 fully saturated rings. The van der Waals surface area contributed by atoms with Gasteiger partial charge in [0.05, 0.1) is 6.10 Å². The quantitative estimate of drug-likeness (QED) is 0.828. The molecule has 20 heavy (non-hydrogen) atoms. The van der Waals surface area contributed by atoms with E-state index in [0.29, 0.717) is 5.41 Å². The summed E-state index contributed by atoms with van der Waals surface area (Å²) in [6, 6.07) is 8.88. The highest BCUT2D eigenvalue weighted by molar-refractivity contribution is 5.27. The Balaban J connectivity index is 2.00. The van der Waals surface area contributed by atoms with Gasteiger partial charge in [0.2, 0.25) is 0 Å².